The maximum Gasteiger partial charge on any atom is 0.412 e. The van der Waals surface area contributed by atoms with Crippen molar-refractivity contribution >= 4 is 11.8 Å². The summed E-state index contributed by atoms with van der Waals surface area (Å²) >= 11 is 0. The zero-order valence-electron chi connectivity index (χ0n) is 9.36. The smallest absolute Gasteiger partial charge is 0.412 e. The average molecular weight is 227 g/mol. The van der Waals surface area contributed by atoms with E-state index in [2.05, 4.69) is 0 Å². The second-order valence-corrected chi connectivity index (χ2v) is 4.42. The first-order chi connectivity index (χ1) is 7.23. The van der Waals surface area contributed by atoms with Crippen molar-refractivity contribution in [2.75, 3.05) is 4.90 Å². The van der Waals surface area contributed by atoms with E-state index in [9.17, 15) is 9.18 Å². The molecule has 1 amide bonds. The maximum absolute atomic E-state index is 13.1. The Morgan fingerprint density at radius 2 is 1.94 bits per heavy atom. The molecule has 0 aliphatic heterocycles. The molecule has 0 radical (unpaired) electrons. The van der Waals surface area contributed by atoms with Gasteiger partial charge in [-0.3, -0.25) is 4.90 Å². The number of halogens is 1. The normalized spacial score (nSPS) is 11.2. The SMILES string of the molecule is CC(C)(C)N(C(=O)O)c1ccc(O)c(F)c1. The van der Waals surface area contributed by atoms with Crippen LogP contribution in [0.25, 0.3) is 0 Å². The summed E-state index contributed by atoms with van der Waals surface area (Å²) in [5.74, 6) is -1.34. The highest BCUT2D eigenvalue weighted by molar-refractivity contribution is 5.87. The van der Waals surface area contributed by atoms with Gasteiger partial charge in [0, 0.05) is 11.6 Å². The zero-order chi connectivity index (χ0) is 12.5. The minimum Gasteiger partial charge on any atom is -0.505 e. The van der Waals surface area contributed by atoms with Crippen molar-refractivity contribution in [1.29, 1.82) is 0 Å². The molecule has 0 aliphatic rings. The molecule has 0 aromatic heterocycles. The highest BCUT2D eigenvalue weighted by atomic mass is 19.1. The largest absolute Gasteiger partial charge is 0.505 e. The summed E-state index contributed by atoms with van der Waals surface area (Å²) in [6.07, 6.45) is -1.17. The predicted octanol–water partition coefficient (Wildman–Crippen LogP) is 2.81. The molecule has 0 saturated heterocycles. The summed E-state index contributed by atoms with van der Waals surface area (Å²) in [4.78, 5) is 12.1. The van der Waals surface area contributed by atoms with Gasteiger partial charge in [0.25, 0.3) is 0 Å². The first-order valence-corrected chi connectivity index (χ1v) is 4.75. The molecule has 0 atom stereocenters. The molecule has 5 heteroatoms. The third kappa shape index (κ3) is 2.42. The lowest BCUT2D eigenvalue weighted by atomic mass is 10.1. The van der Waals surface area contributed by atoms with Gasteiger partial charge in [0.2, 0.25) is 0 Å². The number of carboxylic acid groups (broad SMARTS) is 1. The molecule has 0 heterocycles. The topological polar surface area (TPSA) is 60.8 Å². The molecule has 0 spiro atoms. The van der Waals surface area contributed by atoms with Crippen molar-refractivity contribution in [2.45, 2.75) is 26.3 Å². The summed E-state index contributed by atoms with van der Waals surface area (Å²) < 4.78 is 13.1. The predicted molar refractivity (Wildman–Crippen MR) is 58.3 cm³/mol. The van der Waals surface area contributed by atoms with Crippen LogP contribution < -0.4 is 4.90 Å². The number of rotatable bonds is 1. The number of phenolic OH excluding ortho intramolecular Hbond substituents is 1. The Hall–Kier alpha value is -1.78. The van der Waals surface area contributed by atoms with Gasteiger partial charge in [0.15, 0.2) is 11.6 Å². The molecule has 1 aromatic rings. The zero-order valence-corrected chi connectivity index (χ0v) is 9.36. The molecule has 1 rings (SSSR count). The number of anilines is 1. The van der Waals surface area contributed by atoms with Gasteiger partial charge in [0.1, 0.15) is 0 Å². The van der Waals surface area contributed by atoms with E-state index in [-0.39, 0.29) is 5.69 Å². The van der Waals surface area contributed by atoms with Crippen LogP contribution in [0, 0.1) is 5.82 Å². The van der Waals surface area contributed by atoms with Crippen LogP contribution in [0.5, 0.6) is 5.75 Å². The van der Waals surface area contributed by atoms with Crippen LogP contribution in [0.2, 0.25) is 0 Å². The molecule has 88 valence electrons. The first kappa shape index (κ1) is 12.3. The Bertz CT molecular complexity index is 412. The van der Waals surface area contributed by atoms with Gasteiger partial charge in [-0.2, -0.15) is 0 Å². The first-order valence-electron chi connectivity index (χ1n) is 4.75. The minimum absolute atomic E-state index is 0.190. The standard InChI is InChI=1S/C11H14FNO3/c1-11(2,3)13(10(15)16)7-4-5-9(14)8(12)6-7/h4-6,14H,1-3H3,(H,15,16). The lowest BCUT2D eigenvalue weighted by Gasteiger charge is -2.33. The Morgan fingerprint density at radius 3 is 2.31 bits per heavy atom. The summed E-state index contributed by atoms with van der Waals surface area (Å²) in [6, 6.07) is 3.48. The third-order valence-corrected chi connectivity index (χ3v) is 2.05. The van der Waals surface area contributed by atoms with Crippen molar-refractivity contribution in [3.8, 4) is 5.75 Å². The Labute approximate surface area is 92.9 Å². The second-order valence-electron chi connectivity index (χ2n) is 4.42. The molecule has 4 nitrogen and oxygen atoms in total. The third-order valence-electron chi connectivity index (χ3n) is 2.05. The second kappa shape index (κ2) is 4.00. The molecule has 0 fully saturated rings. The van der Waals surface area contributed by atoms with Crippen LogP contribution >= 0.6 is 0 Å². The summed E-state index contributed by atoms with van der Waals surface area (Å²) in [5.41, 5.74) is -0.495. The molecular weight excluding hydrogens is 213 g/mol. The fourth-order valence-corrected chi connectivity index (χ4v) is 1.42. The number of hydrogen-bond donors (Lipinski definition) is 2. The van der Waals surface area contributed by atoms with Crippen LogP contribution in [-0.2, 0) is 0 Å². The molecular formula is C11H14FNO3. The Morgan fingerprint density at radius 1 is 1.38 bits per heavy atom. The van der Waals surface area contributed by atoms with Crippen LogP contribution in [0.1, 0.15) is 20.8 Å². The number of aromatic hydroxyl groups is 1. The fraction of sp³-hybridized carbons (Fsp3) is 0.364. The number of phenols is 1. The van der Waals surface area contributed by atoms with E-state index in [1.807, 2.05) is 0 Å². The van der Waals surface area contributed by atoms with E-state index in [1.165, 1.54) is 6.07 Å². The minimum atomic E-state index is -1.17. The van der Waals surface area contributed by atoms with Crippen LogP contribution in [0.4, 0.5) is 14.9 Å². The van der Waals surface area contributed by atoms with Crippen LogP contribution in [-0.4, -0.2) is 21.8 Å². The van der Waals surface area contributed by atoms with Gasteiger partial charge in [-0.1, -0.05) is 0 Å². The summed E-state index contributed by atoms with van der Waals surface area (Å²) in [6.45, 7) is 5.10. The molecule has 1 aromatic carbocycles. The number of amides is 1. The maximum atomic E-state index is 13.1. The Balaban J connectivity index is 3.22. The van der Waals surface area contributed by atoms with Gasteiger partial charge in [-0.25, -0.2) is 9.18 Å². The monoisotopic (exact) mass is 227 g/mol. The highest BCUT2D eigenvalue weighted by Crippen LogP contribution is 2.27. The van der Waals surface area contributed by atoms with Gasteiger partial charge < -0.3 is 10.2 Å². The molecule has 2 N–H and O–H groups in total. The number of hydrogen-bond acceptors (Lipinski definition) is 2. The number of carbonyl (C=O) groups is 1. The van der Waals surface area contributed by atoms with Gasteiger partial charge in [-0.15, -0.1) is 0 Å². The molecule has 16 heavy (non-hydrogen) atoms. The average Bonchev–Trinajstić information content (AvgIpc) is 2.08. The molecule has 0 aliphatic carbocycles. The fourth-order valence-electron chi connectivity index (χ4n) is 1.42. The quantitative estimate of drug-likeness (QED) is 0.775. The van der Waals surface area contributed by atoms with Crippen molar-refractivity contribution < 1.29 is 19.4 Å². The Kier molecular flexibility index (Phi) is 3.07. The van der Waals surface area contributed by atoms with E-state index >= 15 is 0 Å². The van der Waals surface area contributed by atoms with Crippen LogP contribution in [0.15, 0.2) is 18.2 Å². The van der Waals surface area contributed by atoms with Crippen molar-refractivity contribution in [3.05, 3.63) is 24.0 Å². The molecule has 0 unspecified atom stereocenters. The van der Waals surface area contributed by atoms with Crippen molar-refractivity contribution in [2.24, 2.45) is 0 Å². The van der Waals surface area contributed by atoms with E-state index in [0.717, 1.165) is 17.0 Å². The van der Waals surface area contributed by atoms with Crippen molar-refractivity contribution in [1.82, 2.24) is 0 Å². The number of benzene rings is 1. The lowest BCUT2D eigenvalue weighted by Crippen LogP contribution is -2.45. The summed E-state index contributed by atoms with van der Waals surface area (Å²) in [5, 5.41) is 18.1. The highest BCUT2D eigenvalue weighted by Gasteiger charge is 2.28. The van der Waals surface area contributed by atoms with E-state index < -0.39 is 23.2 Å². The van der Waals surface area contributed by atoms with Gasteiger partial charge in [0.05, 0.1) is 5.69 Å². The lowest BCUT2D eigenvalue weighted by molar-refractivity contribution is 0.195. The van der Waals surface area contributed by atoms with Gasteiger partial charge >= 0.3 is 6.09 Å². The number of nitrogens with zero attached hydrogens (tertiary/aromatic N) is 1. The summed E-state index contributed by atoms with van der Waals surface area (Å²) in [7, 11) is 0. The van der Waals surface area contributed by atoms with E-state index in [1.54, 1.807) is 20.8 Å². The molecule has 0 saturated carbocycles. The van der Waals surface area contributed by atoms with Crippen LogP contribution in [0.3, 0.4) is 0 Å². The molecule has 0 bridgehead atoms. The van der Waals surface area contributed by atoms with Crippen molar-refractivity contribution in [3.63, 3.8) is 0 Å². The van der Waals surface area contributed by atoms with E-state index in [4.69, 9.17) is 10.2 Å². The van der Waals surface area contributed by atoms with E-state index in [0.29, 0.717) is 0 Å². The van der Waals surface area contributed by atoms with Gasteiger partial charge in [-0.05, 0) is 32.9 Å².